The van der Waals surface area contributed by atoms with E-state index in [2.05, 4.69) is 20.6 Å². The lowest BCUT2D eigenvalue weighted by Gasteiger charge is -2.08. The molecule has 0 atom stereocenters. The van der Waals surface area contributed by atoms with Crippen LogP contribution in [0.2, 0.25) is 0 Å². The minimum absolute atomic E-state index is 0.0348. The van der Waals surface area contributed by atoms with E-state index in [1.165, 1.54) is 6.33 Å². The van der Waals surface area contributed by atoms with Crippen LogP contribution in [0.25, 0.3) is 0 Å². The van der Waals surface area contributed by atoms with Crippen molar-refractivity contribution in [3.63, 3.8) is 0 Å². The molecule has 0 aliphatic rings. The van der Waals surface area contributed by atoms with Crippen molar-refractivity contribution >= 4 is 23.2 Å². The number of nitrogens with two attached hydrogens (primary N) is 1. The first kappa shape index (κ1) is 13.6. The van der Waals surface area contributed by atoms with Gasteiger partial charge in [-0.2, -0.15) is 0 Å². The van der Waals surface area contributed by atoms with E-state index in [1.54, 1.807) is 0 Å². The molecule has 0 aromatic carbocycles. The zero-order chi connectivity index (χ0) is 13.5. The molecular formula is C9H14N6O3. The van der Waals surface area contributed by atoms with Gasteiger partial charge >= 0.3 is 5.69 Å². The summed E-state index contributed by atoms with van der Waals surface area (Å²) in [5, 5.41) is 16.3. The minimum Gasteiger partial charge on any atom is -0.368 e. The van der Waals surface area contributed by atoms with Crippen LogP contribution in [0.15, 0.2) is 6.33 Å². The Morgan fingerprint density at radius 2 is 2.06 bits per heavy atom. The summed E-state index contributed by atoms with van der Waals surface area (Å²) in [5.41, 5.74) is 4.66. The van der Waals surface area contributed by atoms with E-state index >= 15 is 0 Å². The Balaban J connectivity index is 3.01. The molecule has 1 amide bonds. The Bertz CT molecular complexity index is 450. The maximum Gasteiger partial charge on any atom is 0.353 e. The zero-order valence-electron chi connectivity index (χ0n) is 9.84. The van der Waals surface area contributed by atoms with Crippen LogP contribution in [0.1, 0.15) is 13.3 Å². The number of rotatable bonds is 7. The summed E-state index contributed by atoms with van der Waals surface area (Å²) >= 11 is 0. The number of carbonyl (C=O) groups is 1. The molecule has 0 saturated heterocycles. The van der Waals surface area contributed by atoms with Crippen molar-refractivity contribution in [2.75, 3.05) is 23.7 Å². The van der Waals surface area contributed by atoms with Gasteiger partial charge in [0.15, 0.2) is 0 Å². The van der Waals surface area contributed by atoms with E-state index in [4.69, 9.17) is 5.73 Å². The van der Waals surface area contributed by atoms with Gasteiger partial charge in [-0.25, -0.2) is 9.97 Å². The van der Waals surface area contributed by atoms with Gasteiger partial charge in [-0.05, 0) is 6.42 Å². The van der Waals surface area contributed by atoms with Gasteiger partial charge in [-0.3, -0.25) is 14.9 Å². The molecule has 9 heteroatoms. The molecule has 1 heterocycles. The Kier molecular flexibility index (Phi) is 4.78. The van der Waals surface area contributed by atoms with Crippen LogP contribution in [0.4, 0.5) is 17.3 Å². The Hall–Kier alpha value is -2.45. The second kappa shape index (κ2) is 6.33. The van der Waals surface area contributed by atoms with Crippen molar-refractivity contribution in [1.29, 1.82) is 0 Å². The van der Waals surface area contributed by atoms with Crippen LogP contribution in [0.5, 0.6) is 0 Å². The summed E-state index contributed by atoms with van der Waals surface area (Å²) in [6, 6.07) is 0. The number of hydrogen-bond acceptors (Lipinski definition) is 7. The first-order valence-electron chi connectivity index (χ1n) is 5.31. The van der Waals surface area contributed by atoms with E-state index < -0.39 is 10.8 Å². The molecule has 0 radical (unpaired) electrons. The van der Waals surface area contributed by atoms with Crippen LogP contribution in [0, 0.1) is 10.1 Å². The zero-order valence-corrected chi connectivity index (χ0v) is 9.84. The highest BCUT2D eigenvalue weighted by atomic mass is 16.6. The van der Waals surface area contributed by atoms with Crippen molar-refractivity contribution in [2.24, 2.45) is 5.73 Å². The van der Waals surface area contributed by atoms with Crippen LogP contribution < -0.4 is 16.4 Å². The fraction of sp³-hybridized carbons (Fsp3) is 0.444. The van der Waals surface area contributed by atoms with Gasteiger partial charge in [-0.1, -0.05) is 6.92 Å². The highest BCUT2D eigenvalue weighted by Crippen LogP contribution is 2.28. The number of amides is 1. The molecule has 18 heavy (non-hydrogen) atoms. The third-order valence-electron chi connectivity index (χ3n) is 1.98. The second-order valence-corrected chi connectivity index (χ2v) is 3.42. The molecule has 0 aliphatic carbocycles. The Labute approximate surface area is 103 Å². The molecule has 1 rings (SSSR count). The molecule has 1 aromatic heterocycles. The average Bonchev–Trinajstić information content (AvgIpc) is 2.33. The van der Waals surface area contributed by atoms with Crippen LogP contribution >= 0.6 is 0 Å². The number of primary amides is 1. The lowest BCUT2D eigenvalue weighted by atomic mass is 10.4. The van der Waals surface area contributed by atoms with Crippen molar-refractivity contribution in [2.45, 2.75) is 13.3 Å². The molecule has 0 unspecified atom stereocenters. The molecule has 98 valence electrons. The number of nitro groups is 1. The number of nitrogens with one attached hydrogen (secondary N) is 2. The Morgan fingerprint density at radius 1 is 1.44 bits per heavy atom. The molecule has 0 saturated carbocycles. The normalized spacial score (nSPS) is 9.83. The number of nitrogens with zero attached hydrogens (tertiary/aromatic N) is 3. The SMILES string of the molecule is CCCNc1ncnc(NCC(N)=O)c1[N+](=O)[O-]. The molecule has 0 fully saturated rings. The lowest BCUT2D eigenvalue weighted by Crippen LogP contribution is -2.23. The molecule has 0 spiro atoms. The Morgan fingerprint density at radius 3 is 2.56 bits per heavy atom. The van der Waals surface area contributed by atoms with Crippen molar-refractivity contribution in [3.8, 4) is 0 Å². The fourth-order valence-corrected chi connectivity index (χ4v) is 1.22. The van der Waals surface area contributed by atoms with Gasteiger partial charge in [0.2, 0.25) is 17.5 Å². The van der Waals surface area contributed by atoms with Gasteiger partial charge in [0, 0.05) is 6.54 Å². The molecule has 0 aliphatic heterocycles. The molecular weight excluding hydrogens is 240 g/mol. The largest absolute Gasteiger partial charge is 0.368 e. The predicted molar refractivity (Wildman–Crippen MR) is 65.2 cm³/mol. The smallest absolute Gasteiger partial charge is 0.353 e. The average molecular weight is 254 g/mol. The van der Waals surface area contributed by atoms with Crippen molar-refractivity contribution in [3.05, 3.63) is 16.4 Å². The number of carbonyl (C=O) groups excluding carboxylic acids is 1. The van der Waals surface area contributed by atoms with Crippen molar-refractivity contribution in [1.82, 2.24) is 9.97 Å². The van der Waals surface area contributed by atoms with E-state index in [0.29, 0.717) is 6.54 Å². The summed E-state index contributed by atoms with van der Waals surface area (Å²) in [4.78, 5) is 28.5. The first-order valence-corrected chi connectivity index (χ1v) is 5.31. The maximum absolute atomic E-state index is 11.0. The molecule has 0 bridgehead atoms. The maximum atomic E-state index is 11.0. The third-order valence-corrected chi connectivity index (χ3v) is 1.98. The van der Waals surface area contributed by atoms with E-state index in [9.17, 15) is 14.9 Å². The topological polar surface area (TPSA) is 136 Å². The second-order valence-electron chi connectivity index (χ2n) is 3.42. The van der Waals surface area contributed by atoms with Gasteiger partial charge < -0.3 is 16.4 Å². The molecule has 1 aromatic rings. The summed E-state index contributed by atoms with van der Waals surface area (Å²) in [7, 11) is 0. The third kappa shape index (κ3) is 3.54. The summed E-state index contributed by atoms with van der Waals surface area (Å²) in [6.07, 6.45) is 1.97. The predicted octanol–water partition coefficient (Wildman–Crippen LogP) is 0.104. The fourth-order valence-electron chi connectivity index (χ4n) is 1.22. The van der Waals surface area contributed by atoms with Crippen molar-refractivity contribution < 1.29 is 9.72 Å². The standard InChI is InChI=1S/C9H14N6O3/c1-2-3-11-8-7(15(17)18)9(14-5-13-8)12-4-6(10)16/h5H,2-4H2,1H3,(H2,10,16)(H2,11,12,13,14). The number of anilines is 2. The van der Waals surface area contributed by atoms with E-state index in [-0.39, 0.29) is 23.9 Å². The van der Waals surface area contributed by atoms with Gasteiger partial charge in [0.25, 0.3) is 0 Å². The molecule has 4 N–H and O–H groups in total. The lowest BCUT2D eigenvalue weighted by molar-refractivity contribution is -0.383. The van der Waals surface area contributed by atoms with Gasteiger partial charge in [0.05, 0.1) is 11.5 Å². The van der Waals surface area contributed by atoms with Crippen LogP contribution in [0.3, 0.4) is 0 Å². The quantitative estimate of drug-likeness (QED) is 0.463. The van der Waals surface area contributed by atoms with Gasteiger partial charge in [-0.15, -0.1) is 0 Å². The minimum atomic E-state index is -0.633. The van der Waals surface area contributed by atoms with Crippen LogP contribution in [-0.2, 0) is 4.79 Å². The molecule has 9 nitrogen and oxygen atoms in total. The monoisotopic (exact) mass is 254 g/mol. The van der Waals surface area contributed by atoms with E-state index in [1.807, 2.05) is 6.92 Å². The first-order chi connectivity index (χ1) is 8.56. The highest BCUT2D eigenvalue weighted by molar-refractivity contribution is 5.80. The van der Waals surface area contributed by atoms with Gasteiger partial charge in [0.1, 0.15) is 6.33 Å². The summed E-state index contributed by atoms with van der Waals surface area (Å²) in [6.45, 7) is 2.24. The number of hydrogen-bond donors (Lipinski definition) is 3. The summed E-state index contributed by atoms with van der Waals surface area (Å²) in [5.74, 6) is -0.554. The van der Waals surface area contributed by atoms with E-state index in [0.717, 1.165) is 6.42 Å². The number of aromatic nitrogens is 2. The highest BCUT2D eigenvalue weighted by Gasteiger charge is 2.22. The van der Waals surface area contributed by atoms with Crippen LogP contribution in [-0.4, -0.2) is 33.9 Å². The summed E-state index contributed by atoms with van der Waals surface area (Å²) < 4.78 is 0.